The topological polar surface area (TPSA) is 49.4 Å². The van der Waals surface area contributed by atoms with E-state index in [1.165, 1.54) is 4.88 Å². The summed E-state index contributed by atoms with van der Waals surface area (Å²) in [6.07, 6.45) is 4.89. The summed E-state index contributed by atoms with van der Waals surface area (Å²) in [6, 6.07) is 4.23. The molecule has 1 aliphatic heterocycles. The fourth-order valence-electron chi connectivity index (χ4n) is 2.70. The van der Waals surface area contributed by atoms with Crippen molar-refractivity contribution in [3.05, 3.63) is 22.4 Å². The minimum absolute atomic E-state index is 0.0912. The molecule has 1 N–H and O–H groups in total. The maximum atomic E-state index is 12.1. The van der Waals surface area contributed by atoms with E-state index in [4.69, 9.17) is 0 Å². The van der Waals surface area contributed by atoms with E-state index in [0.29, 0.717) is 19.4 Å². The fourth-order valence-corrected chi connectivity index (χ4v) is 3.51. The molecule has 2 amide bonds. The number of carbonyl (C=O) groups excluding carboxylic acids is 2. The molecule has 1 aliphatic rings. The van der Waals surface area contributed by atoms with Crippen molar-refractivity contribution in [2.24, 2.45) is 0 Å². The van der Waals surface area contributed by atoms with Crippen LogP contribution in [0.1, 0.15) is 56.4 Å². The van der Waals surface area contributed by atoms with Crippen LogP contribution in [-0.4, -0.2) is 29.8 Å². The number of likely N-dealkylation sites (tertiary alicyclic amines) is 1. The highest BCUT2D eigenvalue weighted by Gasteiger charge is 2.20. The molecule has 1 aromatic rings. The second-order valence-corrected chi connectivity index (χ2v) is 6.49. The average molecular weight is 308 g/mol. The summed E-state index contributed by atoms with van der Waals surface area (Å²) in [5.74, 6) is 0.325. The summed E-state index contributed by atoms with van der Waals surface area (Å²) in [7, 11) is 0. The highest BCUT2D eigenvalue weighted by Crippen LogP contribution is 2.23. The Morgan fingerprint density at radius 2 is 2.38 bits per heavy atom. The molecule has 0 radical (unpaired) electrons. The number of rotatable bonds is 8. The molecular weight excluding hydrogens is 284 g/mol. The lowest BCUT2D eigenvalue weighted by atomic mass is 10.1. The summed E-state index contributed by atoms with van der Waals surface area (Å²) in [4.78, 5) is 26.7. The van der Waals surface area contributed by atoms with Crippen LogP contribution in [0.2, 0.25) is 0 Å². The lowest BCUT2D eigenvalue weighted by Crippen LogP contribution is -2.30. The van der Waals surface area contributed by atoms with Crippen molar-refractivity contribution in [1.29, 1.82) is 0 Å². The van der Waals surface area contributed by atoms with E-state index in [9.17, 15) is 9.59 Å². The third kappa shape index (κ3) is 4.84. The number of nitrogens with one attached hydrogen (secondary N) is 1. The predicted molar refractivity (Wildman–Crippen MR) is 85.2 cm³/mol. The van der Waals surface area contributed by atoms with Gasteiger partial charge in [0.15, 0.2) is 0 Å². The maximum absolute atomic E-state index is 12.1. The maximum Gasteiger partial charge on any atom is 0.222 e. The van der Waals surface area contributed by atoms with Gasteiger partial charge in [-0.05, 0) is 30.7 Å². The molecule has 116 valence electrons. The summed E-state index contributed by atoms with van der Waals surface area (Å²) in [6.45, 7) is 3.70. The fraction of sp³-hybridized carbons (Fsp3) is 0.625. The first kappa shape index (κ1) is 16.0. The zero-order valence-corrected chi connectivity index (χ0v) is 13.5. The van der Waals surface area contributed by atoms with Gasteiger partial charge in [0.1, 0.15) is 0 Å². The van der Waals surface area contributed by atoms with Crippen molar-refractivity contribution in [2.45, 2.75) is 51.5 Å². The molecule has 0 aliphatic carbocycles. The minimum Gasteiger partial charge on any atom is -0.348 e. The lowest BCUT2D eigenvalue weighted by molar-refractivity contribution is -0.128. The van der Waals surface area contributed by atoms with Gasteiger partial charge in [-0.25, -0.2) is 0 Å². The second-order valence-electron chi connectivity index (χ2n) is 5.51. The van der Waals surface area contributed by atoms with Crippen LogP contribution in [0.4, 0.5) is 0 Å². The van der Waals surface area contributed by atoms with Gasteiger partial charge in [0.25, 0.3) is 0 Å². The van der Waals surface area contributed by atoms with Crippen molar-refractivity contribution in [3.8, 4) is 0 Å². The van der Waals surface area contributed by atoms with Crippen LogP contribution in [-0.2, 0) is 9.59 Å². The lowest BCUT2D eigenvalue weighted by Gasteiger charge is -2.18. The number of carbonyl (C=O) groups is 2. The van der Waals surface area contributed by atoms with Gasteiger partial charge in [-0.3, -0.25) is 9.59 Å². The van der Waals surface area contributed by atoms with Crippen LogP contribution in [0.5, 0.6) is 0 Å². The van der Waals surface area contributed by atoms with Gasteiger partial charge < -0.3 is 10.2 Å². The van der Waals surface area contributed by atoms with Crippen LogP contribution >= 0.6 is 11.3 Å². The van der Waals surface area contributed by atoms with Crippen molar-refractivity contribution < 1.29 is 9.59 Å². The van der Waals surface area contributed by atoms with Gasteiger partial charge in [0.2, 0.25) is 11.8 Å². The van der Waals surface area contributed by atoms with Crippen molar-refractivity contribution in [2.75, 3.05) is 13.1 Å². The van der Waals surface area contributed by atoms with Gasteiger partial charge in [-0.1, -0.05) is 19.4 Å². The minimum atomic E-state index is 0.0912. The Bertz CT molecular complexity index is 459. The first-order valence-electron chi connectivity index (χ1n) is 7.81. The molecule has 0 spiro atoms. The summed E-state index contributed by atoms with van der Waals surface area (Å²) >= 11 is 1.69. The number of thiophene rings is 1. The number of hydrogen-bond acceptors (Lipinski definition) is 3. The molecule has 2 rings (SSSR count). The molecule has 1 unspecified atom stereocenters. The summed E-state index contributed by atoms with van der Waals surface area (Å²) < 4.78 is 0. The molecule has 1 aromatic heterocycles. The number of nitrogens with zero attached hydrogens (tertiary/aromatic N) is 1. The van der Waals surface area contributed by atoms with E-state index in [-0.39, 0.29) is 17.9 Å². The van der Waals surface area contributed by atoms with Crippen LogP contribution in [0.3, 0.4) is 0 Å². The van der Waals surface area contributed by atoms with Gasteiger partial charge in [0.05, 0.1) is 6.04 Å². The molecule has 0 bridgehead atoms. The second kappa shape index (κ2) is 8.17. The molecule has 1 fully saturated rings. The van der Waals surface area contributed by atoms with Crippen LogP contribution in [0.25, 0.3) is 0 Å². The monoisotopic (exact) mass is 308 g/mol. The third-order valence-electron chi connectivity index (χ3n) is 3.80. The molecule has 21 heavy (non-hydrogen) atoms. The molecule has 5 heteroatoms. The first-order chi connectivity index (χ1) is 10.2. The Labute approximate surface area is 130 Å². The van der Waals surface area contributed by atoms with E-state index in [1.807, 2.05) is 16.3 Å². The van der Waals surface area contributed by atoms with Gasteiger partial charge in [-0.2, -0.15) is 0 Å². The zero-order valence-electron chi connectivity index (χ0n) is 12.6. The Balaban J connectivity index is 1.73. The predicted octanol–water partition coefficient (Wildman–Crippen LogP) is 3.11. The summed E-state index contributed by atoms with van der Waals surface area (Å²) in [5.41, 5.74) is 0. The normalized spacial score (nSPS) is 16.2. The Kier molecular flexibility index (Phi) is 6.23. The molecule has 1 saturated heterocycles. The number of amides is 2. The average Bonchev–Trinajstić information content (AvgIpc) is 3.11. The number of hydrogen-bond donors (Lipinski definition) is 1. The largest absolute Gasteiger partial charge is 0.348 e. The van der Waals surface area contributed by atoms with E-state index < -0.39 is 0 Å². The quantitative estimate of drug-likeness (QED) is 0.802. The molecule has 2 heterocycles. The molecule has 4 nitrogen and oxygen atoms in total. The third-order valence-corrected chi connectivity index (χ3v) is 4.79. The standard InChI is InChI=1S/C16H24N2O2S/c1-2-6-13(14-7-5-12-21-14)17-15(19)8-3-10-18-11-4-9-16(18)20/h5,7,12-13H,2-4,6,8-11H2,1H3,(H,17,19). The molecule has 1 atom stereocenters. The van der Waals surface area contributed by atoms with E-state index in [2.05, 4.69) is 18.3 Å². The molecular formula is C16H24N2O2S. The van der Waals surface area contributed by atoms with Crippen molar-refractivity contribution >= 4 is 23.2 Å². The molecule has 0 aromatic carbocycles. The smallest absolute Gasteiger partial charge is 0.222 e. The Morgan fingerprint density at radius 3 is 3.00 bits per heavy atom. The van der Waals surface area contributed by atoms with E-state index in [0.717, 1.165) is 32.2 Å². The van der Waals surface area contributed by atoms with E-state index >= 15 is 0 Å². The molecule has 0 saturated carbocycles. The van der Waals surface area contributed by atoms with Gasteiger partial charge >= 0.3 is 0 Å². The Morgan fingerprint density at radius 1 is 1.52 bits per heavy atom. The highest BCUT2D eigenvalue weighted by atomic mass is 32.1. The van der Waals surface area contributed by atoms with Crippen molar-refractivity contribution in [1.82, 2.24) is 10.2 Å². The summed E-state index contributed by atoms with van der Waals surface area (Å²) in [5, 5.41) is 5.17. The zero-order chi connectivity index (χ0) is 15.1. The highest BCUT2D eigenvalue weighted by molar-refractivity contribution is 7.10. The van der Waals surface area contributed by atoms with Crippen LogP contribution in [0, 0.1) is 0 Å². The first-order valence-corrected chi connectivity index (χ1v) is 8.69. The van der Waals surface area contributed by atoms with Crippen molar-refractivity contribution in [3.63, 3.8) is 0 Å². The van der Waals surface area contributed by atoms with Crippen LogP contribution < -0.4 is 5.32 Å². The van der Waals surface area contributed by atoms with Gasteiger partial charge in [-0.15, -0.1) is 11.3 Å². The van der Waals surface area contributed by atoms with Crippen LogP contribution in [0.15, 0.2) is 17.5 Å². The SMILES string of the molecule is CCCC(NC(=O)CCCN1CCCC1=O)c1cccs1. The van der Waals surface area contributed by atoms with E-state index in [1.54, 1.807) is 11.3 Å². The Hall–Kier alpha value is -1.36. The van der Waals surface area contributed by atoms with Gasteiger partial charge in [0, 0.05) is 30.8 Å².